The lowest BCUT2D eigenvalue weighted by Crippen LogP contribution is -2.27. The minimum atomic E-state index is -0.816. The second kappa shape index (κ2) is 6.73. The topological polar surface area (TPSA) is 62.5 Å². The first-order valence-electron chi connectivity index (χ1n) is 8.46. The predicted octanol–water partition coefficient (Wildman–Crippen LogP) is 3.96. The second-order valence-electron chi connectivity index (χ2n) is 7.61. The van der Waals surface area contributed by atoms with Gasteiger partial charge in [0.05, 0.1) is 17.7 Å². The van der Waals surface area contributed by atoms with Crippen LogP contribution in [-0.2, 0) is 12.8 Å². The van der Waals surface area contributed by atoms with Crippen LogP contribution < -0.4 is 5.32 Å². The lowest BCUT2D eigenvalue weighted by atomic mass is 9.72. The van der Waals surface area contributed by atoms with Crippen LogP contribution in [0, 0.1) is 11.3 Å². The van der Waals surface area contributed by atoms with Crippen LogP contribution in [0.2, 0.25) is 0 Å². The summed E-state index contributed by atoms with van der Waals surface area (Å²) in [6.07, 6.45) is 4.00. The van der Waals surface area contributed by atoms with Crippen molar-refractivity contribution < 1.29 is 14.3 Å². The van der Waals surface area contributed by atoms with E-state index in [1.807, 2.05) is 6.07 Å². The van der Waals surface area contributed by atoms with Crippen LogP contribution in [0.15, 0.2) is 28.9 Å². The van der Waals surface area contributed by atoms with Gasteiger partial charge in [-0.1, -0.05) is 20.8 Å². The summed E-state index contributed by atoms with van der Waals surface area (Å²) in [5, 5.41) is 12.8. The van der Waals surface area contributed by atoms with E-state index in [1.165, 1.54) is 23.1 Å². The van der Waals surface area contributed by atoms with Crippen LogP contribution in [0.4, 0.5) is 0 Å². The smallest absolute Gasteiger partial charge is 0.261 e. The Bertz CT molecular complexity index is 697. The molecule has 24 heavy (non-hydrogen) atoms. The van der Waals surface area contributed by atoms with Gasteiger partial charge >= 0.3 is 0 Å². The van der Waals surface area contributed by atoms with Gasteiger partial charge in [-0.3, -0.25) is 4.79 Å². The minimum Gasteiger partial charge on any atom is -0.467 e. The normalized spacial score (nSPS) is 18.9. The summed E-state index contributed by atoms with van der Waals surface area (Å²) in [7, 11) is 0. The molecule has 0 aromatic carbocycles. The molecule has 0 saturated heterocycles. The summed E-state index contributed by atoms with van der Waals surface area (Å²) in [5.74, 6) is 1.01. The van der Waals surface area contributed by atoms with E-state index in [0.29, 0.717) is 17.1 Å². The van der Waals surface area contributed by atoms with Gasteiger partial charge < -0.3 is 14.8 Å². The average Bonchev–Trinajstić information content (AvgIpc) is 3.19. The standard InChI is InChI=1S/C19H25NO3S/c1-19(2,3)13-6-7-16-12(9-13)10-17(24-16)18(22)20-11-14(21)15-5-4-8-23-15/h4-5,8,10,13-14,21H,6-7,9,11H2,1-3H3,(H,20,22). The molecule has 0 spiro atoms. The van der Waals surface area contributed by atoms with E-state index in [2.05, 4.69) is 26.1 Å². The van der Waals surface area contributed by atoms with Crippen molar-refractivity contribution in [1.82, 2.24) is 5.32 Å². The Morgan fingerprint density at radius 2 is 2.29 bits per heavy atom. The van der Waals surface area contributed by atoms with E-state index in [-0.39, 0.29) is 12.5 Å². The van der Waals surface area contributed by atoms with Crippen molar-refractivity contribution in [3.8, 4) is 0 Å². The molecule has 0 radical (unpaired) electrons. The number of aliphatic hydroxyl groups excluding tert-OH is 1. The van der Waals surface area contributed by atoms with Crippen molar-refractivity contribution in [3.63, 3.8) is 0 Å². The molecule has 0 fully saturated rings. The number of carbonyl (C=O) groups excluding carboxylic acids is 1. The van der Waals surface area contributed by atoms with Crippen LogP contribution in [0.3, 0.4) is 0 Å². The first-order valence-corrected chi connectivity index (χ1v) is 9.27. The number of furan rings is 1. The molecular formula is C19H25NO3S. The summed E-state index contributed by atoms with van der Waals surface area (Å²) in [6, 6.07) is 5.46. The highest BCUT2D eigenvalue weighted by molar-refractivity contribution is 7.14. The Labute approximate surface area is 146 Å². The van der Waals surface area contributed by atoms with E-state index in [4.69, 9.17) is 4.42 Å². The fourth-order valence-corrected chi connectivity index (χ4v) is 4.36. The van der Waals surface area contributed by atoms with Gasteiger partial charge in [-0.15, -0.1) is 11.3 Å². The Balaban J connectivity index is 1.62. The predicted molar refractivity (Wildman–Crippen MR) is 95.3 cm³/mol. The van der Waals surface area contributed by atoms with Crippen molar-refractivity contribution >= 4 is 17.2 Å². The summed E-state index contributed by atoms with van der Waals surface area (Å²) in [4.78, 5) is 14.4. The van der Waals surface area contributed by atoms with Crippen LogP contribution >= 0.6 is 11.3 Å². The number of aliphatic hydroxyl groups is 1. The zero-order valence-electron chi connectivity index (χ0n) is 14.5. The van der Waals surface area contributed by atoms with Gasteiger partial charge in [-0.25, -0.2) is 0 Å². The lowest BCUT2D eigenvalue weighted by Gasteiger charge is -2.33. The molecule has 2 N–H and O–H groups in total. The zero-order valence-corrected chi connectivity index (χ0v) is 15.3. The molecule has 3 rings (SSSR count). The number of fused-ring (bicyclic) bond motifs is 1. The highest BCUT2D eigenvalue weighted by Crippen LogP contribution is 2.40. The van der Waals surface area contributed by atoms with Gasteiger partial charge in [0.1, 0.15) is 11.9 Å². The second-order valence-corrected chi connectivity index (χ2v) is 8.74. The first kappa shape index (κ1) is 17.2. The number of rotatable bonds is 4. The molecule has 0 saturated carbocycles. The molecule has 1 aliphatic rings. The Kier molecular flexibility index (Phi) is 4.83. The molecule has 2 aromatic rings. The minimum absolute atomic E-state index is 0.118. The number of carbonyl (C=O) groups is 1. The molecule has 2 aromatic heterocycles. The van der Waals surface area contributed by atoms with E-state index < -0.39 is 6.10 Å². The van der Waals surface area contributed by atoms with Crippen molar-refractivity contribution in [2.75, 3.05) is 6.54 Å². The summed E-state index contributed by atoms with van der Waals surface area (Å²) >= 11 is 1.59. The lowest BCUT2D eigenvalue weighted by molar-refractivity contribution is 0.0905. The zero-order chi connectivity index (χ0) is 17.3. The number of thiophene rings is 1. The van der Waals surface area contributed by atoms with Gasteiger partial charge in [-0.05, 0) is 54.4 Å². The molecule has 2 heterocycles. The molecule has 0 aliphatic heterocycles. The van der Waals surface area contributed by atoms with Crippen molar-refractivity contribution in [2.24, 2.45) is 11.3 Å². The summed E-state index contributed by atoms with van der Waals surface area (Å²) in [5.41, 5.74) is 1.62. The molecule has 2 unspecified atom stereocenters. The van der Waals surface area contributed by atoms with E-state index in [9.17, 15) is 9.90 Å². The molecule has 0 bridgehead atoms. The van der Waals surface area contributed by atoms with Gasteiger partial charge in [0.25, 0.3) is 5.91 Å². The Morgan fingerprint density at radius 1 is 1.50 bits per heavy atom. The molecule has 5 heteroatoms. The molecule has 1 aliphatic carbocycles. The van der Waals surface area contributed by atoms with Crippen molar-refractivity contribution in [1.29, 1.82) is 0 Å². The van der Waals surface area contributed by atoms with Crippen LogP contribution in [0.25, 0.3) is 0 Å². The summed E-state index contributed by atoms with van der Waals surface area (Å²) in [6.45, 7) is 7.02. The third-order valence-corrected chi connectivity index (χ3v) is 6.09. The third kappa shape index (κ3) is 3.73. The largest absolute Gasteiger partial charge is 0.467 e. The quantitative estimate of drug-likeness (QED) is 0.880. The van der Waals surface area contributed by atoms with Crippen LogP contribution in [0.5, 0.6) is 0 Å². The molecule has 4 nitrogen and oxygen atoms in total. The van der Waals surface area contributed by atoms with Crippen LogP contribution in [0.1, 0.15) is 59.2 Å². The molecule has 1 amide bonds. The van der Waals surface area contributed by atoms with Gasteiger partial charge in [0, 0.05) is 4.88 Å². The van der Waals surface area contributed by atoms with E-state index >= 15 is 0 Å². The highest BCUT2D eigenvalue weighted by atomic mass is 32.1. The van der Waals surface area contributed by atoms with Gasteiger partial charge in [0.2, 0.25) is 0 Å². The number of amides is 1. The van der Waals surface area contributed by atoms with Gasteiger partial charge in [-0.2, -0.15) is 0 Å². The number of hydrogen-bond acceptors (Lipinski definition) is 4. The fourth-order valence-electron chi connectivity index (χ4n) is 3.23. The Hall–Kier alpha value is -1.59. The monoisotopic (exact) mass is 347 g/mol. The maximum absolute atomic E-state index is 12.4. The van der Waals surface area contributed by atoms with E-state index in [0.717, 1.165) is 17.7 Å². The number of aryl methyl sites for hydroxylation is 1. The fraction of sp³-hybridized carbons (Fsp3) is 0.526. The average molecular weight is 347 g/mol. The van der Waals surface area contributed by atoms with Crippen LogP contribution in [-0.4, -0.2) is 17.6 Å². The highest BCUT2D eigenvalue weighted by Gasteiger charge is 2.30. The van der Waals surface area contributed by atoms with Crippen molar-refractivity contribution in [2.45, 2.75) is 46.1 Å². The molecular weight excluding hydrogens is 322 g/mol. The maximum atomic E-state index is 12.4. The number of nitrogens with one attached hydrogen (secondary N) is 1. The van der Waals surface area contributed by atoms with E-state index in [1.54, 1.807) is 23.5 Å². The molecule has 2 atom stereocenters. The third-order valence-electron chi connectivity index (χ3n) is 4.86. The summed E-state index contributed by atoms with van der Waals surface area (Å²) < 4.78 is 5.14. The van der Waals surface area contributed by atoms with Gasteiger partial charge in [0.15, 0.2) is 0 Å². The SMILES string of the molecule is CC(C)(C)C1CCc2sc(C(=O)NCC(O)c3ccco3)cc2C1. The maximum Gasteiger partial charge on any atom is 0.261 e. The number of hydrogen-bond donors (Lipinski definition) is 2. The van der Waals surface area contributed by atoms with Crippen molar-refractivity contribution in [3.05, 3.63) is 45.5 Å². The molecule has 130 valence electrons. The first-order chi connectivity index (χ1) is 11.3. The Morgan fingerprint density at radius 3 is 2.96 bits per heavy atom.